The number of hydrogen-bond acceptors (Lipinski definition) is 4. The van der Waals surface area contributed by atoms with Gasteiger partial charge >= 0.3 is 0 Å². The Hall–Kier alpha value is -2.11. The Balaban J connectivity index is 1.81. The van der Waals surface area contributed by atoms with Crippen molar-refractivity contribution in [3.63, 3.8) is 0 Å². The average molecular weight is 327 g/mol. The zero-order chi connectivity index (χ0) is 16.8. The minimum atomic E-state index is -0.209. The monoisotopic (exact) mass is 327 g/mol. The highest BCUT2D eigenvalue weighted by molar-refractivity contribution is 5.93. The van der Waals surface area contributed by atoms with Gasteiger partial charge in [0.1, 0.15) is 17.8 Å². The van der Waals surface area contributed by atoms with Crippen LogP contribution in [-0.4, -0.2) is 33.5 Å². The molecule has 24 heavy (non-hydrogen) atoms. The summed E-state index contributed by atoms with van der Waals surface area (Å²) in [5, 5.41) is 1.15. The van der Waals surface area contributed by atoms with Crippen LogP contribution in [0.25, 0.3) is 11.0 Å². The average Bonchev–Trinajstić information content (AvgIpc) is 3.29. The Bertz CT molecular complexity index is 790. The molecule has 1 aliphatic heterocycles. The van der Waals surface area contributed by atoms with Crippen molar-refractivity contribution in [2.75, 3.05) is 18.0 Å². The Kier molecular flexibility index (Phi) is 3.70. The second-order valence-electron chi connectivity index (χ2n) is 7.25. The van der Waals surface area contributed by atoms with Gasteiger partial charge in [-0.05, 0) is 38.7 Å². The summed E-state index contributed by atoms with van der Waals surface area (Å²) in [6.07, 6.45) is 7.54. The maximum absolute atomic E-state index is 11.5. The summed E-state index contributed by atoms with van der Waals surface area (Å²) >= 11 is 0. The van der Waals surface area contributed by atoms with Gasteiger partial charge in [-0.3, -0.25) is 4.79 Å². The summed E-state index contributed by atoms with van der Waals surface area (Å²) in [4.78, 5) is 22.9. The molecule has 6 nitrogen and oxygen atoms in total. The lowest BCUT2D eigenvalue weighted by molar-refractivity contribution is -0.121. The fraction of sp³-hybridized carbons (Fsp3) is 0.611. The van der Waals surface area contributed by atoms with Crippen LogP contribution in [0.3, 0.4) is 0 Å². The number of primary amides is 1. The molecular weight excluding hydrogens is 302 g/mol. The smallest absolute Gasteiger partial charge is 0.222 e. The van der Waals surface area contributed by atoms with Crippen molar-refractivity contribution >= 4 is 22.8 Å². The van der Waals surface area contributed by atoms with Crippen molar-refractivity contribution in [3.8, 4) is 0 Å². The van der Waals surface area contributed by atoms with Gasteiger partial charge in [-0.25, -0.2) is 9.97 Å². The number of amides is 1. The molecule has 2 aromatic heterocycles. The minimum Gasteiger partial charge on any atom is -0.369 e. The van der Waals surface area contributed by atoms with Gasteiger partial charge in [0.25, 0.3) is 0 Å². The molecule has 1 saturated carbocycles. The maximum Gasteiger partial charge on any atom is 0.222 e. The van der Waals surface area contributed by atoms with E-state index in [0.717, 1.165) is 29.8 Å². The molecule has 0 unspecified atom stereocenters. The third-order valence-electron chi connectivity index (χ3n) is 5.89. The molecule has 3 heterocycles. The standard InChI is InChI=1S/C18H25N5O/c1-11-12(2)23(14-5-3-4-6-14)18-15(11)17(20-10-21-18)22-8-7-13(9-22)16(19)24/h10,13-14H,3-9H2,1-2H3,(H2,19,24)/t13-/m0/s1. The van der Waals surface area contributed by atoms with Gasteiger partial charge in [0.2, 0.25) is 5.91 Å². The van der Waals surface area contributed by atoms with Crippen molar-refractivity contribution in [1.82, 2.24) is 14.5 Å². The fourth-order valence-corrected chi connectivity index (χ4v) is 4.44. The summed E-state index contributed by atoms with van der Waals surface area (Å²) < 4.78 is 2.42. The first-order valence-corrected chi connectivity index (χ1v) is 8.94. The molecule has 128 valence electrons. The first kappa shape index (κ1) is 15.4. The number of carbonyl (C=O) groups is 1. The number of aryl methyl sites for hydroxylation is 1. The summed E-state index contributed by atoms with van der Waals surface area (Å²) in [6.45, 7) is 5.84. The van der Waals surface area contributed by atoms with Gasteiger partial charge < -0.3 is 15.2 Å². The van der Waals surface area contributed by atoms with E-state index in [0.29, 0.717) is 12.6 Å². The van der Waals surface area contributed by atoms with Gasteiger partial charge in [0.15, 0.2) is 0 Å². The van der Waals surface area contributed by atoms with Crippen LogP contribution in [0.2, 0.25) is 0 Å². The number of fused-ring (bicyclic) bond motifs is 1. The maximum atomic E-state index is 11.5. The number of hydrogen-bond donors (Lipinski definition) is 1. The summed E-state index contributed by atoms with van der Waals surface area (Å²) in [7, 11) is 0. The second-order valence-corrected chi connectivity index (χ2v) is 7.25. The molecule has 0 radical (unpaired) electrons. The molecule has 2 N–H and O–H groups in total. The van der Waals surface area contributed by atoms with Crippen LogP contribution >= 0.6 is 0 Å². The lowest BCUT2D eigenvalue weighted by atomic mass is 10.1. The van der Waals surface area contributed by atoms with Gasteiger partial charge in [0.05, 0.1) is 11.3 Å². The summed E-state index contributed by atoms with van der Waals surface area (Å²) in [5.74, 6) is 0.675. The molecule has 6 heteroatoms. The molecule has 0 bridgehead atoms. The predicted molar refractivity (Wildman–Crippen MR) is 94.0 cm³/mol. The Morgan fingerprint density at radius 2 is 1.96 bits per heavy atom. The normalized spacial score (nSPS) is 21.9. The first-order chi connectivity index (χ1) is 11.6. The molecule has 1 aliphatic carbocycles. The zero-order valence-electron chi connectivity index (χ0n) is 14.5. The van der Waals surface area contributed by atoms with Crippen LogP contribution in [0.5, 0.6) is 0 Å². The molecule has 0 spiro atoms. The number of rotatable bonds is 3. The highest BCUT2D eigenvalue weighted by atomic mass is 16.1. The van der Waals surface area contributed by atoms with Crippen LogP contribution in [0.15, 0.2) is 6.33 Å². The van der Waals surface area contributed by atoms with E-state index < -0.39 is 0 Å². The van der Waals surface area contributed by atoms with E-state index in [4.69, 9.17) is 5.73 Å². The number of carbonyl (C=O) groups excluding carboxylic acids is 1. The Morgan fingerprint density at radius 1 is 1.21 bits per heavy atom. The van der Waals surface area contributed by atoms with E-state index in [2.05, 4.69) is 33.3 Å². The lowest BCUT2D eigenvalue weighted by Crippen LogP contribution is -2.27. The van der Waals surface area contributed by atoms with Gasteiger partial charge in [-0.1, -0.05) is 12.8 Å². The van der Waals surface area contributed by atoms with E-state index >= 15 is 0 Å². The molecule has 1 saturated heterocycles. The summed E-state index contributed by atoms with van der Waals surface area (Å²) in [5.41, 5.74) is 9.09. The molecule has 1 amide bonds. The van der Waals surface area contributed by atoms with Crippen LogP contribution in [0, 0.1) is 19.8 Å². The lowest BCUT2D eigenvalue weighted by Gasteiger charge is -2.19. The van der Waals surface area contributed by atoms with Crippen molar-refractivity contribution in [3.05, 3.63) is 17.6 Å². The van der Waals surface area contributed by atoms with Crippen LogP contribution in [0.1, 0.15) is 49.4 Å². The van der Waals surface area contributed by atoms with Crippen LogP contribution in [0.4, 0.5) is 5.82 Å². The number of nitrogens with two attached hydrogens (primary N) is 1. The second kappa shape index (κ2) is 5.76. The quantitative estimate of drug-likeness (QED) is 0.939. The van der Waals surface area contributed by atoms with E-state index in [1.807, 2.05) is 0 Å². The number of aromatic nitrogens is 3. The van der Waals surface area contributed by atoms with Gasteiger partial charge in [-0.15, -0.1) is 0 Å². The Morgan fingerprint density at radius 3 is 2.62 bits per heavy atom. The minimum absolute atomic E-state index is 0.0756. The third kappa shape index (κ3) is 2.27. The van der Waals surface area contributed by atoms with Gasteiger partial charge in [-0.2, -0.15) is 0 Å². The molecular formula is C18H25N5O. The highest BCUT2D eigenvalue weighted by Gasteiger charge is 2.31. The molecule has 2 aliphatic rings. The number of anilines is 1. The molecule has 2 aromatic rings. The van der Waals surface area contributed by atoms with Crippen LogP contribution < -0.4 is 10.6 Å². The highest BCUT2D eigenvalue weighted by Crippen LogP contribution is 2.39. The largest absolute Gasteiger partial charge is 0.369 e. The van der Waals surface area contributed by atoms with Gasteiger partial charge in [0, 0.05) is 24.8 Å². The topological polar surface area (TPSA) is 77.0 Å². The van der Waals surface area contributed by atoms with Crippen molar-refractivity contribution in [2.45, 2.75) is 52.0 Å². The van der Waals surface area contributed by atoms with Crippen molar-refractivity contribution in [2.24, 2.45) is 11.7 Å². The molecule has 1 atom stereocenters. The predicted octanol–water partition coefficient (Wildman–Crippen LogP) is 2.47. The SMILES string of the molecule is Cc1c(C)n(C2CCCC2)c2ncnc(N3CC[C@H](C(N)=O)C3)c12. The Labute approximate surface area is 142 Å². The molecule has 2 fully saturated rings. The zero-order valence-corrected chi connectivity index (χ0v) is 14.5. The molecule has 0 aromatic carbocycles. The van der Waals surface area contributed by atoms with E-state index in [-0.39, 0.29) is 11.8 Å². The van der Waals surface area contributed by atoms with Crippen molar-refractivity contribution in [1.29, 1.82) is 0 Å². The molecule has 4 rings (SSSR count). The van der Waals surface area contributed by atoms with E-state index in [1.54, 1.807) is 6.33 Å². The fourth-order valence-electron chi connectivity index (χ4n) is 4.44. The third-order valence-corrected chi connectivity index (χ3v) is 5.89. The van der Waals surface area contributed by atoms with Crippen molar-refractivity contribution < 1.29 is 4.79 Å². The van der Waals surface area contributed by atoms with E-state index in [9.17, 15) is 4.79 Å². The van der Waals surface area contributed by atoms with Crippen LogP contribution in [-0.2, 0) is 4.79 Å². The number of nitrogens with zero attached hydrogens (tertiary/aromatic N) is 4. The first-order valence-electron chi connectivity index (χ1n) is 8.94. The van der Waals surface area contributed by atoms with E-state index in [1.165, 1.54) is 36.9 Å². The summed E-state index contributed by atoms with van der Waals surface area (Å²) in [6, 6.07) is 0.556.